The number of ether oxygens (including phenoxy) is 1. The van der Waals surface area contributed by atoms with E-state index in [4.69, 9.17) is 10.00 Å². The number of methoxy groups -OCH3 is 1. The normalized spacial score (nSPS) is 9.65. The molecule has 3 heteroatoms. The molecule has 0 fully saturated rings. The molecule has 0 radical (unpaired) electrons. The topological polar surface area (TPSA) is 50.1 Å². The SMILES string of the molecule is COc1ccccc1C(=O)CCCCCC#N. The lowest BCUT2D eigenvalue weighted by atomic mass is 10.0. The molecule has 0 atom stereocenters. The second-order valence-electron chi connectivity index (χ2n) is 3.84. The summed E-state index contributed by atoms with van der Waals surface area (Å²) in [6.07, 6.45) is 3.72. The molecule has 1 aromatic rings. The number of hydrogen-bond donors (Lipinski definition) is 0. The third-order valence-electron chi connectivity index (χ3n) is 2.60. The minimum absolute atomic E-state index is 0.111. The highest BCUT2D eigenvalue weighted by Crippen LogP contribution is 2.20. The van der Waals surface area contributed by atoms with Gasteiger partial charge in [0.05, 0.1) is 18.7 Å². The number of nitrogens with zero attached hydrogens (tertiary/aromatic N) is 1. The summed E-state index contributed by atoms with van der Waals surface area (Å²) in [5, 5.41) is 8.39. The molecule has 0 saturated carbocycles. The van der Waals surface area contributed by atoms with Crippen LogP contribution < -0.4 is 4.74 Å². The summed E-state index contributed by atoms with van der Waals surface area (Å²) in [6.45, 7) is 0. The fourth-order valence-corrected chi connectivity index (χ4v) is 1.68. The van der Waals surface area contributed by atoms with Gasteiger partial charge >= 0.3 is 0 Å². The third-order valence-corrected chi connectivity index (χ3v) is 2.60. The monoisotopic (exact) mass is 231 g/mol. The molecule has 0 aliphatic carbocycles. The first-order valence-corrected chi connectivity index (χ1v) is 5.82. The van der Waals surface area contributed by atoms with Crippen molar-refractivity contribution in [2.24, 2.45) is 0 Å². The number of nitriles is 1. The van der Waals surface area contributed by atoms with Gasteiger partial charge in [-0.2, -0.15) is 5.26 Å². The fraction of sp³-hybridized carbons (Fsp3) is 0.429. The zero-order valence-electron chi connectivity index (χ0n) is 10.1. The number of rotatable bonds is 7. The highest BCUT2D eigenvalue weighted by atomic mass is 16.5. The standard InChI is InChI=1S/C14H17NO2/c1-17-14-10-6-5-8-12(14)13(16)9-4-2-3-7-11-15/h5-6,8,10H,2-4,7,9H2,1H3. The smallest absolute Gasteiger partial charge is 0.166 e. The number of ketones is 1. The summed E-state index contributed by atoms with van der Waals surface area (Å²) in [7, 11) is 1.57. The number of carbonyl (C=O) groups excluding carboxylic acids is 1. The van der Waals surface area contributed by atoms with Gasteiger partial charge in [-0.3, -0.25) is 4.79 Å². The van der Waals surface area contributed by atoms with Crippen molar-refractivity contribution >= 4 is 5.78 Å². The predicted octanol–water partition coefficient (Wildman–Crippen LogP) is 3.35. The molecule has 0 spiro atoms. The van der Waals surface area contributed by atoms with Crippen LogP contribution in [0, 0.1) is 11.3 Å². The maximum atomic E-state index is 11.9. The van der Waals surface area contributed by atoms with E-state index in [-0.39, 0.29) is 5.78 Å². The molecule has 17 heavy (non-hydrogen) atoms. The van der Waals surface area contributed by atoms with Crippen LogP contribution in [0.1, 0.15) is 42.5 Å². The average Bonchev–Trinajstić information content (AvgIpc) is 2.38. The first-order chi connectivity index (χ1) is 8.29. The third kappa shape index (κ3) is 4.28. The lowest BCUT2D eigenvalue weighted by Gasteiger charge is -2.06. The van der Waals surface area contributed by atoms with Gasteiger partial charge in [0.1, 0.15) is 5.75 Å². The number of unbranched alkanes of at least 4 members (excludes halogenated alkanes) is 3. The van der Waals surface area contributed by atoms with Crippen LogP contribution in [0.15, 0.2) is 24.3 Å². The first-order valence-electron chi connectivity index (χ1n) is 5.82. The minimum Gasteiger partial charge on any atom is -0.496 e. The number of para-hydroxylation sites is 1. The van der Waals surface area contributed by atoms with Gasteiger partial charge in [-0.25, -0.2) is 0 Å². The number of benzene rings is 1. The van der Waals surface area contributed by atoms with Crippen LogP contribution in [0.5, 0.6) is 5.75 Å². The quantitative estimate of drug-likeness (QED) is 0.534. The molecular formula is C14H17NO2. The molecule has 0 unspecified atom stereocenters. The molecule has 1 aromatic carbocycles. The van der Waals surface area contributed by atoms with Gasteiger partial charge in [0.15, 0.2) is 5.78 Å². The fourth-order valence-electron chi connectivity index (χ4n) is 1.68. The van der Waals surface area contributed by atoms with E-state index in [0.717, 1.165) is 19.3 Å². The summed E-state index contributed by atoms with van der Waals surface area (Å²) >= 11 is 0. The average molecular weight is 231 g/mol. The Kier molecular flexibility index (Phi) is 5.81. The number of hydrogen-bond acceptors (Lipinski definition) is 3. The molecule has 0 heterocycles. The highest BCUT2D eigenvalue weighted by molar-refractivity contribution is 5.98. The Labute approximate surface area is 102 Å². The summed E-state index contributed by atoms with van der Waals surface area (Å²) in [6, 6.07) is 9.37. The molecule has 0 aliphatic heterocycles. The largest absolute Gasteiger partial charge is 0.496 e. The second kappa shape index (κ2) is 7.45. The Morgan fingerprint density at radius 2 is 2.06 bits per heavy atom. The van der Waals surface area contributed by atoms with Crippen LogP contribution in [-0.4, -0.2) is 12.9 Å². The summed E-state index contributed by atoms with van der Waals surface area (Å²) < 4.78 is 5.15. The molecule has 1 rings (SSSR count). The van der Waals surface area contributed by atoms with E-state index in [1.165, 1.54) is 0 Å². The van der Waals surface area contributed by atoms with Crippen molar-refractivity contribution < 1.29 is 9.53 Å². The van der Waals surface area contributed by atoms with E-state index >= 15 is 0 Å². The van der Waals surface area contributed by atoms with Crippen molar-refractivity contribution in [3.63, 3.8) is 0 Å². The van der Waals surface area contributed by atoms with Crippen LogP contribution >= 0.6 is 0 Å². The Morgan fingerprint density at radius 3 is 2.76 bits per heavy atom. The van der Waals surface area contributed by atoms with E-state index in [1.54, 1.807) is 19.2 Å². The zero-order valence-corrected chi connectivity index (χ0v) is 10.1. The summed E-state index contributed by atoms with van der Waals surface area (Å²) in [5.41, 5.74) is 0.648. The molecule has 0 saturated heterocycles. The second-order valence-corrected chi connectivity index (χ2v) is 3.84. The van der Waals surface area contributed by atoms with E-state index in [9.17, 15) is 4.79 Å². The van der Waals surface area contributed by atoms with E-state index in [1.807, 2.05) is 12.1 Å². The first kappa shape index (κ1) is 13.2. The van der Waals surface area contributed by atoms with Gasteiger partial charge in [0, 0.05) is 12.8 Å². The Hall–Kier alpha value is -1.82. The van der Waals surface area contributed by atoms with Crippen LogP contribution in [-0.2, 0) is 0 Å². The van der Waals surface area contributed by atoms with Crippen molar-refractivity contribution in [2.75, 3.05) is 7.11 Å². The maximum Gasteiger partial charge on any atom is 0.166 e. The zero-order chi connectivity index (χ0) is 12.5. The van der Waals surface area contributed by atoms with E-state index in [0.29, 0.717) is 24.2 Å². The molecule has 0 N–H and O–H groups in total. The molecule has 0 amide bonds. The highest BCUT2D eigenvalue weighted by Gasteiger charge is 2.10. The number of Topliss-reactive ketones (excluding diaryl/α,β-unsaturated/α-hetero) is 1. The molecule has 3 nitrogen and oxygen atoms in total. The summed E-state index contributed by atoms with van der Waals surface area (Å²) in [5.74, 6) is 0.744. The van der Waals surface area contributed by atoms with Gasteiger partial charge < -0.3 is 4.74 Å². The summed E-state index contributed by atoms with van der Waals surface area (Å²) in [4.78, 5) is 11.9. The van der Waals surface area contributed by atoms with Gasteiger partial charge in [0.2, 0.25) is 0 Å². The minimum atomic E-state index is 0.111. The Bertz CT molecular complexity index is 407. The predicted molar refractivity (Wildman–Crippen MR) is 66.0 cm³/mol. The van der Waals surface area contributed by atoms with E-state index in [2.05, 4.69) is 6.07 Å². The molecule has 0 aromatic heterocycles. The van der Waals surface area contributed by atoms with Gasteiger partial charge in [-0.15, -0.1) is 0 Å². The van der Waals surface area contributed by atoms with Crippen LogP contribution in [0.4, 0.5) is 0 Å². The lowest BCUT2D eigenvalue weighted by Crippen LogP contribution is -2.01. The van der Waals surface area contributed by atoms with Crippen molar-refractivity contribution in [3.8, 4) is 11.8 Å². The molecule has 0 aliphatic rings. The van der Waals surface area contributed by atoms with Crippen molar-refractivity contribution in [3.05, 3.63) is 29.8 Å². The van der Waals surface area contributed by atoms with Crippen molar-refractivity contribution in [1.29, 1.82) is 5.26 Å². The number of carbonyl (C=O) groups is 1. The van der Waals surface area contributed by atoms with Crippen molar-refractivity contribution in [1.82, 2.24) is 0 Å². The van der Waals surface area contributed by atoms with Crippen molar-refractivity contribution in [2.45, 2.75) is 32.1 Å². The van der Waals surface area contributed by atoms with Gasteiger partial charge in [0.25, 0.3) is 0 Å². The molecule has 0 bridgehead atoms. The Balaban J connectivity index is 2.44. The van der Waals surface area contributed by atoms with Crippen LogP contribution in [0.25, 0.3) is 0 Å². The van der Waals surface area contributed by atoms with Crippen LogP contribution in [0.2, 0.25) is 0 Å². The van der Waals surface area contributed by atoms with Gasteiger partial charge in [-0.1, -0.05) is 18.6 Å². The maximum absolute atomic E-state index is 11.9. The Morgan fingerprint density at radius 1 is 1.29 bits per heavy atom. The molecule has 90 valence electrons. The van der Waals surface area contributed by atoms with Gasteiger partial charge in [-0.05, 0) is 25.0 Å². The van der Waals surface area contributed by atoms with Crippen LogP contribution in [0.3, 0.4) is 0 Å². The lowest BCUT2D eigenvalue weighted by molar-refractivity contribution is 0.0976. The molecular weight excluding hydrogens is 214 g/mol. The van der Waals surface area contributed by atoms with E-state index < -0.39 is 0 Å².